The maximum Gasteiger partial charge on any atom is 0.229 e. The molecule has 3 aromatic rings. The molecule has 2 aromatic carbocycles. The predicted molar refractivity (Wildman–Crippen MR) is 93.1 cm³/mol. The zero-order valence-corrected chi connectivity index (χ0v) is 13.3. The smallest absolute Gasteiger partial charge is 0.229 e. The second-order valence-corrected chi connectivity index (χ2v) is 5.08. The van der Waals surface area contributed by atoms with Gasteiger partial charge in [-0.05, 0) is 36.8 Å². The minimum Gasteiger partial charge on any atom is -0.497 e. The Labute approximate surface area is 136 Å². The summed E-state index contributed by atoms with van der Waals surface area (Å²) in [5, 5.41) is 0. The van der Waals surface area contributed by atoms with Crippen LogP contribution in [-0.4, -0.2) is 23.6 Å². The van der Waals surface area contributed by atoms with Crippen molar-refractivity contribution in [3.8, 4) is 16.9 Å². The van der Waals surface area contributed by atoms with Gasteiger partial charge in [-0.3, -0.25) is 0 Å². The van der Waals surface area contributed by atoms with Crippen molar-refractivity contribution in [1.29, 1.82) is 0 Å². The summed E-state index contributed by atoms with van der Waals surface area (Å²) >= 11 is 0. The van der Waals surface area contributed by atoms with Crippen LogP contribution in [0.1, 0.15) is 6.92 Å². The Morgan fingerprint density at radius 2 is 1.52 bits per heavy atom. The first-order valence-corrected chi connectivity index (χ1v) is 7.61. The highest BCUT2D eigenvalue weighted by molar-refractivity contribution is 5.64. The average molecular weight is 305 g/mol. The molecule has 0 aliphatic carbocycles. The number of rotatable bonds is 5. The highest BCUT2D eigenvalue weighted by Crippen LogP contribution is 2.24. The number of nitrogens with zero attached hydrogens (tertiary/aromatic N) is 3. The van der Waals surface area contributed by atoms with Gasteiger partial charge in [0.05, 0.1) is 7.11 Å². The van der Waals surface area contributed by atoms with Gasteiger partial charge in [-0.25, -0.2) is 9.97 Å². The van der Waals surface area contributed by atoms with Crippen molar-refractivity contribution in [3.63, 3.8) is 0 Å². The Kier molecular flexibility index (Phi) is 4.52. The number of methoxy groups -OCH3 is 1. The molecule has 23 heavy (non-hydrogen) atoms. The van der Waals surface area contributed by atoms with E-state index in [4.69, 9.17) is 4.74 Å². The van der Waals surface area contributed by atoms with Crippen LogP contribution in [0.4, 0.5) is 11.6 Å². The van der Waals surface area contributed by atoms with Gasteiger partial charge in [0.15, 0.2) is 0 Å². The zero-order chi connectivity index (χ0) is 16.1. The van der Waals surface area contributed by atoms with Crippen LogP contribution in [0.3, 0.4) is 0 Å². The molecule has 0 saturated heterocycles. The molecular weight excluding hydrogens is 286 g/mol. The van der Waals surface area contributed by atoms with E-state index < -0.39 is 0 Å². The monoisotopic (exact) mass is 305 g/mol. The van der Waals surface area contributed by atoms with E-state index in [2.05, 4.69) is 33.9 Å². The molecule has 0 N–H and O–H groups in total. The summed E-state index contributed by atoms with van der Waals surface area (Å²) in [5.74, 6) is 1.54. The van der Waals surface area contributed by atoms with Crippen LogP contribution in [0.2, 0.25) is 0 Å². The van der Waals surface area contributed by atoms with Crippen LogP contribution in [-0.2, 0) is 0 Å². The number of hydrogen-bond acceptors (Lipinski definition) is 4. The molecule has 3 rings (SSSR count). The molecule has 0 fully saturated rings. The van der Waals surface area contributed by atoms with Gasteiger partial charge in [-0.15, -0.1) is 0 Å². The fraction of sp³-hybridized carbons (Fsp3) is 0.158. The van der Waals surface area contributed by atoms with Crippen molar-refractivity contribution >= 4 is 11.6 Å². The SMILES string of the molecule is CCN(c1ccccc1)c1ncc(-c2ccc(OC)cc2)cn1. The van der Waals surface area contributed by atoms with Crippen molar-refractivity contribution in [2.24, 2.45) is 0 Å². The van der Waals surface area contributed by atoms with E-state index in [1.807, 2.05) is 54.9 Å². The van der Waals surface area contributed by atoms with Crippen LogP contribution in [0, 0.1) is 0 Å². The third-order valence-electron chi connectivity index (χ3n) is 3.69. The van der Waals surface area contributed by atoms with E-state index in [-0.39, 0.29) is 0 Å². The van der Waals surface area contributed by atoms with E-state index in [1.165, 1.54) is 0 Å². The molecule has 4 nitrogen and oxygen atoms in total. The Bertz CT molecular complexity index is 740. The van der Waals surface area contributed by atoms with E-state index >= 15 is 0 Å². The van der Waals surface area contributed by atoms with E-state index in [1.54, 1.807) is 7.11 Å². The van der Waals surface area contributed by atoms with Gasteiger partial charge in [0, 0.05) is 30.2 Å². The van der Waals surface area contributed by atoms with Gasteiger partial charge >= 0.3 is 0 Å². The highest BCUT2D eigenvalue weighted by atomic mass is 16.5. The van der Waals surface area contributed by atoms with Crippen molar-refractivity contribution in [1.82, 2.24) is 9.97 Å². The Balaban J connectivity index is 1.86. The lowest BCUT2D eigenvalue weighted by atomic mass is 10.1. The molecule has 0 amide bonds. The van der Waals surface area contributed by atoms with E-state index in [0.717, 1.165) is 29.1 Å². The molecule has 4 heteroatoms. The Morgan fingerprint density at radius 3 is 2.09 bits per heavy atom. The van der Waals surface area contributed by atoms with Crippen LogP contribution in [0.5, 0.6) is 5.75 Å². The first-order valence-electron chi connectivity index (χ1n) is 7.61. The molecule has 0 bridgehead atoms. The molecule has 0 spiro atoms. The summed E-state index contributed by atoms with van der Waals surface area (Å²) in [7, 11) is 1.66. The van der Waals surface area contributed by atoms with E-state index in [9.17, 15) is 0 Å². The number of benzene rings is 2. The molecular formula is C19H19N3O. The van der Waals surface area contributed by atoms with Gasteiger partial charge in [-0.2, -0.15) is 0 Å². The van der Waals surface area contributed by atoms with E-state index in [0.29, 0.717) is 5.95 Å². The third kappa shape index (κ3) is 3.31. The number of para-hydroxylation sites is 1. The summed E-state index contributed by atoms with van der Waals surface area (Å²) in [6, 6.07) is 18.0. The molecule has 0 atom stereocenters. The molecule has 0 saturated carbocycles. The summed E-state index contributed by atoms with van der Waals surface area (Å²) < 4.78 is 5.18. The van der Waals surface area contributed by atoms with Crippen molar-refractivity contribution in [2.75, 3.05) is 18.6 Å². The third-order valence-corrected chi connectivity index (χ3v) is 3.69. The predicted octanol–water partition coefficient (Wildman–Crippen LogP) is 4.31. The lowest BCUT2D eigenvalue weighted by molar-refractivity contribution is 0.415. The number of ether oxygens (including phenoxy) is 1. The second-order valence-electron chi connectivity index (χ2n) is 5.08. The quantitative estimate of drug-likeness (QED) is 0.704. The molecule has 0 radical (unpaired) electrons. The normalized spacial score (nSPS) is 10.3. The standard InChI is InChI=1S/C19H19N3O/c1-3-22(17-7-5-4-6-8-17)19-20-13-16(14-21-19)15-9-11-18(23-2)12-10-15/h4-14H,3H2,1-2H3. The molecule has 1 aromatic heterocycles. The Hall–Kier alpha value is -2.88. The van der Waals surface area contributed by atoms with Crippen molar-refractivity contribution in [2.45, 2.75) is 6.92 Å². The van der Waals surface area contributed by atoms with Gasteiger partial charge in [0.25, 0.3) is 0 Å². The minimum atomic E-state index is 0.705. The molecule has 1 heterocycles. The first-order chi connectivity index (χ1) is 11.3. The first kappa shape index (κ1) is 15.0. The summed E-state index contributed by atoms with van der Waals surface area (Å²) in [6.07, 6.45) is 3.71. The molecule has 0 aliphatic heterocycles. The number of hydrogen-bond donors (Lipinski definition) is 0. The summed E-state index contributed by atoms with van der Waals surface area (Å²) in [4.78, 5) is 11.1. The Morgan fingerprint density at radius 1 is 0.870 bits per heavy atom. The molecule has 0 unspecified atom stereocenters. The molecule has 0 aliphatic rings. The minimum absolute atomic E-state index is 0.705. The zero-order valence-electron chi connectivity index (χ0n) is 13.3. The largest absolute Gasteiger partial charge is 0.497 e. The maximum absolute atomic E-state index is 5.18. The maximum atomic E-state index is 5.18. The van der Waals surface area contributed by atoms with Gasteiger partial charge in [-0.1, -0.05) is 30.3 Å². The van der Waals surface area contributed by atoms with Gasteiger partial charge in [0.1, 0.15) is 5.75 Å². The number of anilines is 2. The average Bonchev–Trinajstić information content (AvgIpc) is 2.64. The topological polar surface area (TPSA) is 38.2 Å². The second kappa shape index (κ2) is 6.92. The summed E-state index contributed by atoms with van der Waals surface area (Å²) in [6.45, 7) is 2.90. The summed E-state index contributed by atoms with van der Waals surface area (Å²) in [5.41, 5.74) is 3.15. The van der Waals surface area contributed by atoms with Crippen LogP contribution in [0.25, 0.3) is 11.1 Å². The number of aromatic nitrogens is 2. The highest BCUT2D eigenvalue weighted by Gasteiger charge is 2.10. The van der Waals surface area contributed by atoms with Crippen LogP contribution < -0.4 is 9.64 Å². The lowest BCUT2D eigenvalue weighted by Crippen LogP contribution is -2.18. The lowest BCUT2D eigenvalue weighted by Gasteiger charge is -2.20. The van der Waals surface area contributed by atoms with Gasteiger partial charge < -0.3 is 9.64 Å². The van der Waals surface area contributed by atoms with Crippen LogP contribution in [0.15, 0.2) is 67.0 Å². The molecule has 116 valence electrons. The fourth-order valence-corrected chi connectivity index (χ4v) is 2.44. The fourth-order valence-electron chi connectivity index (χ4n) is 2.44. The van der Waals surface area contributed by atoms with Gasteiger partial charge in [0.2, 0.25) is 5.95 Å². The van der Waals surface area contributed by atoms with Crippen LogP contribution >= 0.6 is 0 Å². The van der Waals surface area contributed by atoms with Crippen molar-refractivity contribution in [3.05, 3.63) is 67.0 Å². The van der Waals surface area contributed by atoms with Crippen molar-refractivity contribution < 1.29 is 4.74 Å².